The topological polar surface area (TPSA) is 119 Å². The van der Waals surface area contributed by atoms with Gasteiger partial charge in [0.2, 0.25) is 0 Å². The zero-order valence-electron chi connectivity index (χ0n) is 11.3. The standard InChI is InChI=1S/C11H13N5O4S/c1-12-8-3-4-10(16(17)18)11(5-8)21(19,20)14-9-6-13-15(2)7-9/h3-7,12,14H,1-2H3. The largest absolute Gasteiger partial charge is 0.388 e. The molecule has 0 bridgehead atoms. The molecule has 0 aliphatic rings. The Kier molecular flexibility index (Phi) is 3.80. The minimum absolute atomic E-state index is 0.224. The van der Waals surface area contributed by atoms with Crippen LogP contribution in [-0.2, 0) is 17.1 Å². The Morgan fingerprint density at radius 1 is 1.33 bits per heavy atom. The molecule has 1 aromatic heterocycles. The number of nitrogens with one attached hydrogen (secondary N) is 2. The number of benzene rings is 1. The monoisotopic (exact) mass is 311 g/mol. The number of hydrogen-bond donors (Lipinski definition) is 2. The first-order chi connectivity index (χ1) is 9.83. The minimum atomic E-state index is -4.09. The highest BCUT2D eigenvalue weighted by Gasteiger charge is 2.26. The molecule has 0 radical (unpaired) electrons. The third-order valence-corrected chi connectivity index (χ3v) is 4.10. The maximum Gasteiger partial charge on any atom is 0.290 e. The third kappa shape index (κ3) is 3.11. The van der Waals surface area contributed by atoms with E-state index in [0.717, 1.165) is 6.07 Å². The number of nitro groups is 1. The van der Waals surface area contributed by atoms with Crippen LogP contribution >= 0.6 is 0 Å². The molecule has 0 spiro atoms. The molecule has 112 valence electrons. The number of nitro benzene ring substituents is 1. The molecular weight excluding hydrogens is 298 g/mol. The van der Waals surface area contributed by atoms with E-state index in [4.69, 9.17) is 0 Å². The van der Waals surface area contributed by atoms with Crippen molar-refractivity contribution in [3.05, 3.63) is 40.7 Å². The van der Waals surface area contributed by atoms with Crippen molar-refractivity contribution < 1.29 is 13.3 Å². The number of anilines is 2. The Hall–Kier alpha value is -2.62. The minimum Gasteiger partial charge on any atom is -0.388 e. The first-order valence-electron chi connectivity index (χ1n) is 5.81. The lowest BCUT2D eigenvalue weighted by atomic mass is 10.3. The van der Waals surface area contributed by atoms with Crippen molar-refractivity contribution >= 4 is 27.1 Å². The molecule has 0 aliphatic heterocycles. The summed E-state index contributed by atoms with van der Waals surface area (Å²) >= 11 is 0. The summed E-state index contributed by atoms with van der Waals surface area (Å²) in [4.78, 5) is 9.85. The molecule has 10 heteroatoms. The second kappa shape index (κ2) is 5.40. The highest BCUT2D eigenvalue weighted by atomic mass is 32.2. The van der Waals surface area contributed by atoms with Crippen LogP contribution in [-0.4, -0.2) is 30.2 Å². The molecule has 0 aliphatic carbocycles. The normalized spacial score (nSPS) is 11.1. The van der Waals surface area contributed by atoms with Gasteiger partial charge >= 0.3 is 0 Å². The van der Waals surface area contributed by atoms with E-state index in [9.17, 15) is 18.5 Å². The van der Waals surface area contributed by atoms with E-state index in [0.29, 0.717) is 5.69 Å². The van der Waals surface area contributed by atoms with Gasteiger partial charge in [0.1, 0.15) is 0 Å². The number of hydrogen-bond acceptors (Lipinski definition) is 6. The molecular formula is C11H13N5O4S. The number of nitrogens with zero attached hydrogens (tertiary/aromatic N) is 3. The lowest BCUT2D eigenvalue weighted by molar-refractivity contribution is -0.387. The van der Waals surface area contributed by atoms with E-state index in [-0.39, 0.29) is 5.69 Å². The van der Waals surface area contributed by atoms with Crippen molar-refractivity contribution in [3.63, 3.8) is 0 Å². The Morgan fingerprint density at radius 2 is 2.05 bits per heavy atom. The van der Waals surface area contributed by atoms with Gasteiger partial charge in [-0.2, -0.15) is 5.10 Å². The molecule has 0 saturated heterocycles. The Labute approximate surface area is 120 Å². The highest BCUT2D eigenvalue weighted by molar-refractivity contribution is 7.92. The highest BCUT2D eigenvalue weighted by Crippen LogP contribution is 2.28. The van der Waals surface area contributed by atoms with Crippen LogP contribution in [0, 0.1) is 10.1 Å². The predicted octanol–water partition coefficient (Wildman–Crippen LogP) is 1.17. The number of aromatic nitrogens is 2. The van der Waals surface area contributed by atoms with Crippen molar-refractivity contribution in [2.75, 3.05) is 17.1 Å². The zero-order chi connectivity index (χ0) is 15.6. The van der Waals surface area contributed by atoms with Gasteiger partial charge in [-0.05, 0) is 12.1 Å². The van der Waals surface area contributed by atoms with Crippen molar-refractivity contribution in [1.29, 1.82) is 0 Å². The fourth-order valence-electron chi connectivity index (χ4n) is 1.72. The van der Waals surface area contributed by atoms with Crippen molar-refractivity contribution in [3.8, 4) is 0 Å². The van der Waals surface area contributed by atoms with Crippen LogP contribution in [0.1, 0.15) is 0 Å². The molecule has 0 unspecified atom stereocenters. The van der Waals surface area contributed by atoms with Gasteiger partial charge in [0.15, 0.2) is 4.90 Å². The molecule has 2 rings (SSSR count). The van der Waals surface area contributed by atoms with E-state index in [1.165, 1.54) is 29.2 Å². The fourth-order valence-corrected chi connectivity index (χ4v) is 2.95. The molecule has 2 aromatic rings. The van der Waals surface area contributed by atoms with Gasteiger partial charge in [-0.3, -0.25) is 19.5 Å². The molecule has 0 amide bonds. The summed E-state index contributed by atoms with van der Waals surface area (Å²) in [6.07, 6.45) is 2.76. The van der Waals surface area contributed by atoms with Gasteiger partial charge in [0, 0.05) is 32.0 Å². The van der Waals surface area contributed by atoms with Gasteiger partial charge in [-0.1, -0.05) is 0 Å². The predicted molar refractivity (Wildman–Crippen MR) is 76.7 cm³/mol. The first kappa shape index (κ1) is 14.8. The Balaban J connectivity index is 2.49. The average Bonchev–Trinajstić information content (AvgIpc) is 2.82. The van der Waals surface area contributed by atoms with Crippen LogP contribution in [0.2, 0.25) is 0 Å². The van der Waals surface area contributed by atoms with Crippen molar-refractivity contribution in [1.82, 2.24) is 9.78 Å². The lowest BCUT2D eigenvalue weighted by Crippen LogP contribution is -2.14. The van der Waals surface area contributed by atoms with Gasteiger partial charge in [0.25, 0.3) is 15.7 Å². The molecule has 0 fully saturated rings. The maximum atomic E-state index is 12.3. The van der Waals surface area contributed by atoms with Crippen molar-refractivity contribution in [2.45, 2.75) is 4.90 Å². The Morgan fingerprint density at radius 3 is 2.57 bits per heavy atom. The van der Waals surface area contributed by atoms with E-state index in [2.05, 4.69) is 15.1 Å². The van der Waals surface area contributed by atoms with E-state index in [1.807, 2.05) is 0 Å². The molecule has 21 heavy (non-hydrogen) atoms. The Bertz CT molecular complexity index is 784. The number of rotatable bonds is 5. The van der Waals surface area contributed by atoms with Crippen LogP contribution < -0.4 is 10.0 Å². The molecule has 2 N–H and O–H groups in total. The fraction of sp³-hybridized carbons (Fsp3) is 0.182. The van der Waals surface area contributed by atoms with Crippen LogP contribution in [0.5, 0.6) is 0 Å². The third-order valence-electron chi connectivity index (χ3n) is 2.69. The summed E-state index contributed by atoms with van der Waals surface area (Å²) in [6.45, 7) is 0. The summed E-state index contributed by atoms with van der Waals surface area (Å²) in [5, 5.41) is 17.6. The van der Waals surface area contributed by atoms with Crippen LogP contribution in [0.25, 0.3) is 0 Å². The van der Waals surface area contributed by atoms with Crippen LogP contribution in [0.4, 0.5) is 17.1 Å². The van der Waals surface area contributed by atoms with Crippen molar-refractivity contribution in [2.24, 2.45) is 7.05 Å². The number of sulfonamides is 1. The molecule has 0 atom stereocenters. The number of aryl methyl sites for hydroxylation is 1. The summed E-state index contributed by atoms with van der Waals surface area (Å²) in [7, 11) is -0.877. The van der Waals surface area contributed by atoms with Gasteiger partial charge in [-0.15, -0.1) is 0 Å². The maximum absolute atomic E-state index is 12.3. The summed E-state index contributed by atoms with van der Waals surface area (Å²) in [6, 6.07) is 3.78. The second-order valence-electron chi connectivity index (χ2n) is 4.20. The first-order valence-corrected chi connectivity index (χ1v) is 7.29. The summed E-state index contributed by atoms with van der Waals surface area (Å²) < 4.78 is 28.3. The second-order valence-corrected chi connectivity index (χ2v) is 5.85. The molecule has 1 aromatic carbocycles. The van der Waals surface area contributed by atoms with Crippen LogP contribution in [0.15, 0.2) is 35.5 Å². The summed E-state index contributed by atoms with van der Waals surface area (Å²) in [5.74, 6) is 0. The van der Waals surface area contributed by atoms with Gasteiger partial charge in [0.05, 0.1) is 16.8 Å². The smallest absolute Gasteiger partial charge is 0.290 e. The molecule has 9 nitrogen and oxygen atoms in total. The van der Waals surface area contributed by atoms with Gasteiger partial charge in [-0.25, -0.2) is 8.42 Å². The quantitative estimate of drug-likeness (QED) is 0.632. The summed E-state index contributed by atoms with van der Waals surface area (Å²) in [5.41, 5.74) is 0.180. The van der Waals surface area contributed by atoms with E-state index in [1.54, 1.807) is 14.1 Å². The van der Waals surface area contributed by atoms with Gasteiger partial charge < -0.3 is 5.32 Å². The lowest BCUT2D eigenvalue weighted by Gasteiger charge is -2.08. The molecule has 1 heterocycles. The van der Waals surface area contributed by atoms with E-state index >= 15 is 0 Å². The van der Waals surface area contributed by atoms with Crippen LogP contribution in [0.3, 0.4) is 0 Å². The van der Waals surface area contributed by atoms with E-state index < -0.39 is 25.5 Å². The average molecular weight is 311 g/mol. The molecule has 0 saturated carbocycles. The zero-order valence-corrected chi connectivity index (χ0v) is 12.1. The SMILES string of the molecule is CNc1ccc([N+](=O)[O-])c(S(=O)(=O)Nc2cnn(C)c2)c1.